The second-order valence-electron chi connectivity index (χ2n) is 36.9. The number of phenols is 6. The Hall–Kier alpha value is -13.0. The Morgan fingerprint density at radius 3 is 1.50 bits per heavy atom. The number of carboxylic acid groups (broad SMARTS) is 6. The van der Waals surface area contributed by atoms with Crippen molar-refractivity contribution in [3.63, 3.8) is 0 Å². The maximum absolute atomic E-state index is 12.3. The molecule has 3 aromatic heterocycles. The molecule has 0 saturated heterocycles. The topological polar surface area (TPSA) is 525 Å². The quantitative estimate of drug-likeness (QED) is 0.00966. The number of carbonyl (C=O) groups excluding carboxylic acids is 4. The molecule has 9 aromatic rings. The number of aromatic carboxylic acids is 6. The highest BCUT2D eigenvalue weighted by Gasteiger charge is 2.38. The van der Waals surface area contributed by atoms with Crippen molar-refractivity contribution in [2.45, 2.75) is 268 Å². The number of carbonyl (C=O) groups is 10. The Balaban J connectivity index is 0.000000202. The van der Waals surface area contributed by atoms with Crippen LogP contribution in [0.5, 0.6) is 34.5 Å². The molecule has 0 radical (unpaired) electrons. The number of unbranched alkanes of at least 4 members (excludes halogenated alkanes) is 3. The molecule has 10 unspecified atom stereocenters. The van der Waals surface area contributed by atoms with E-state index in [0.717, 1.165) is 196 Å². The first kappa shape index (κ1) is 109. The third kappa shape index (κ3) is 28.6. The predicted molar refractivity (Wildman–Crippen MR) is 528 cm³/mol. The van der Waals surface area contributed by atoms with E-state index in [1.165, 1.54) is 23.8 Å². The number of amides is 2. The minimum atomic E-state index is -1.28. The summed E-state index contributed by atoms with van der Waals surface area (Å²) in [5, 5.41) is 142. The van der Waals surface area contributed by atoms with E-state index < -0.39 is 53.7 Å². The summed E-state index contributed by atoms with van der Waals surface area (Å²) in [6, 6.07) is 16.7. The minimum absolute atomic E-state index is 0.0129. The molecule has 0 spiro atoms. The summed E-state index contributed by atoms with van der Waals surface area (Å²) in [4.78, 5) is 124. The summed E-state index contributed by atoms with van der Waals surface area (Å²) in [5.41, 5.74) is 11.5. The summed E-state index contributed by atoms with van der Waals surface area (Å²) in [6.45, 7) is 22.0. The third-order valence-corrected chi connectivity index (χ3v) is 26.6. The zero-order valence-electron chi connectivity index (χ0n) is 80.6. The lowest BCUT2D eigenvalue weighted by Gasteiger charge is -2.31. The van der Waals surface area contributed by atoms with Gasteiger partial charge >= 0.3 is 35.8 Å². The lowest BCUT2D eigenvalue weighted by molar-refractivity contribution is -0.123. The summed E-state index contributed by atoms with van der Waals surface area (Å²) < 4.78 is 0. The highest BCUT2D eigenvalue weighted by atomic mass is 16.4. The molecule has 137 heavy (non-hydrogen) atoms. The molecular weight excluding hydrogens is 1750 g/mol. The fraction of sp³-hybridized carbons (Fsp3) is 0.463. The Morgan fingerprint density at radius 2 is 1.01 bits per heavy atom. The Labute approximate surface area is 800 Å². The van der Waals surface area contributed by atoms with Gasteiger partial charge in [0, 0.05) is 66.8 Å². The van der Waals surface area contributed by atoms with E-state index in [0.29, 0.717) is 84.9 Å². The lowest BCUT2D eigenvalue weighted by Crippen LogP contribution is -2.38. The molecule has 6 aromatic carbocycles. The van der Waals surface area contributed by atoms with Crippen LogP contribution in [0.15, 0.2) is 104 Å². The molecule has 0 bridgehead atoms. The van der Waals surface area contributed by atoms with E-state index in [1.54, 1.807) is 56.6 Å². The number of hydrogen-bond acceptors (Lipinski definition) is 18. The first-order chi connectivity index (χ1) is 65.3. The average Bonchev–Trinajstić information content (AvgIpc) is 1.73. The number of carboxylic acids is 6. The SMILES string of the molecule is CCCC(C)Cc1cc(O)c(C(=O)O)c2c1CC(CO)C=C2.CCCCC(Cc1cc(O)c(C(=O)O)c2[nH]ccc12)c1cc[nH]c1.CCCCCc1cc(O)c(C(=O)O)c2c1CC(C(C)O)C(=O)N2.CCCc1cc(C(=O)O)c(O)cc1CC(CCC)CC(C)=O.CCCc1cc(O)c(C(=O)O)c2c1CC(C(C)CC)C(=O)N2.O=CCC(Cc1cc(O)c(C(=O)O)c2[nH]ccc12)C1C=CCCC1. The maximum Gasteiger partial charge on any atom is 0.341 e. The first-order valence-corrected chi connectivity index (χ1v) is 48.2. The van der Waals surface area contributed by atoms with Gasteiger partial charge in [0.2, 0.25) is 11.8 Å². The number of allylic oxidation sites excluding steroid dienone is 2. The van der Waals surface area contributed by atoms with Crippen molar-refractivity contribution < 1.29 is 119 Å². The molecule has 29 nitrogen and oxygen atoms in total. The number of rotatable bonds is 39. The van der Waals surface area contributed by atoms with E-state index >= 15 is 0 Å². The van der Waals surface area contributed by atoms with Gasteiger partial charge in [-0.25, -0.2) is 28.8 Å². The van der Waals surface area contributed by atoms with Crippen LogP contribution in [0.2, 0.25) is 0 Å². The van der Waals surface area contributed by atoms with Crippen molar-refractivity contribution in [2.75, 3.05) is 17.2 Å². The zero-order chi connectivity index (χ0) is 101. The Morgan fingerprint density at radius 1 is 0.496 bits per heavy atom. The Bertz CT molecular complexity index is 5770. The van der Waals surface area contributed by atoms with Gasteiger partial charge in [-0.05, 0) is 280 Å². The fourth-order valence-corrected chi connectivity index (χ4v) is 19.5. The van der Waals surface area contributed by atoms with Crippen LogP contribution >= 0.6 is 0 Å². The minimum Gasteiger partial charge on any atom is -0.507 e. The van der Waals surface area contributed by atoms with Crippen LogP contribution in [-0.4, -0.2) is 159 Å². The van der Waals surface area contributed by atoms with E-state index in [4.69, 9.17) is 5.11 Å². The van der Waals surface area contributed by atoms with Crippen molar-refractivity contribution in [3.05, 3.63) is 204 Å². The standard InChI is InChI=1S/C19H22N2O3.C19H21NO4.C18H24O4.C18H26O4.C17H23NO5.C17H23NO4/c1-2-3-4-12(13-5-7-20-11-13)9-14-10-16(22)17(19(23)24)18-15(14)6-8-21-18;21-9-7-13(12-4-2-1-3-5-12)10-14-11-16(22)17(19(23)24)18-15(14)6-8-20-18;1-3-4-11(2)7-13-9-16(20)17(18(21)22)14-6-5-12(10-19)8-15(13)14;1-4-6-13(8-12(3)19)9-15-11-17(20)16(18(21)22)10-14(15)7-5-2;1-3-4-5-6-10-7-13(20)14(17(22)23)15-12(10)8-11(9(2)19)16(21)18-15;1-4-6-10-7-13(19)14(17(21)22)15-12(10)8-11(9(3)5-2)16(20)18-15/h5-8,10-12,20-22H,2-4,9H2,1H3,(H,23,24);2,4,6,8-9,11-13,20,22H,1,3,5,7,10H2,(H,23,24);5-6,9,11-12,19-20H,3-4,7-8,10H2,1-2H3,(H,21,22);10-11,13,20H,4-9H2,1-3H3,(H,21,22);7,9,11,19-20H,3-6,8H2,1-2H3,(H,18,21)(H,22,23);7,9,11,19H,4-6,8H2,1-3H3,(H,18,20)(H,21,22). The van der Waals surface area contributed by atoms with Gasteiger partial charge in [-0.2, -0.15) is 0 Å². The third-order valence-electron chi connectivity index (χ3n) is 26.6. The van der Waals surface area contributed by atoms with Crippen molar-refractivity contribution in [2.24, 2.45) is 47.3 Å². The van der Waals surface area contributed by atoms with Crippen molar-refractivity contribution >= 4 is 99.0 Å². The normalized spacial score (nSPS) is 16.3. The number of ketones is 1. The van der Waals surface area contributed by atoms with Crippen LogP contribution in [0.3, 0.4) is 0 Å². The van der Waals surface area contributed by atoms with Crippen molar-refractivity contribution in [1.29, 1.82) is 0 Å². The molecule has 13 rings (SSSR count). The van der Waals surface area contributed by atoms with Gasteiger partial charge in [0.1, 0.15) is 79.9 Å². The number of anilines is 2. The molecule has 0 saturated carbocycles. The van der Waals surface area contributed by atoms with E-state index in [1.807, 2.05) is 58.3 Å². The van der Waals surface area contributed by atoms with E-state index in [-0.39, 0.29) is 134 Å². The number of aromatic nitrogens is 3. The van der Waals surface area contributed by atoms with Gasteiger partial charge in [-0.3, -0.25) is 9.59 Å². The van der Waals surface area contributed by atoms with Gasteiger partial charge < -0.3 is 107 Å². The number of aliphatic hydroxyl groups excluding tert-OH is 2. The molecule has 0 fully saturated rings. The van der Waals surface area contributed by atoms with Crippen LogP contribution in [-0.2, 0) is 83.4 Å². The molecule has 19 N–H and O–H groups in total. The first-order valence-electron chi connectivity index (χ1n) is 48.2. The second-order valence-corrected chi connectivity index (χ2v) is 36.9. The van der Waals surface area contributed by atoms with Crippen LogP contribution < -0.4 is 10.6 Å². The molecule has 2 aliphatic carbocycles. The number of aromatic hydroxyl groups is 6. The molecule has 2 amide bonds. The fourth-order valence-electron chi connectivity index (χ4n) is 19.5. The molecule has 10 atom stereocenters. The number of aliphatic hydroxyl groups is 2. The van der Waals surface area contributed by atoms with Gasteiger partial charge in [0.25, 0.3) is 0 Å². The molecular formula is C108H139N5O24. The number of fused-ring (bicyclic) bond motifs is 5. The summed E-state index contributed by atoms with van der Waals surface area (Å²) in [7, 11) is 0. The molecule has 5 heterocycles. The number of nitrogens with one attached hydrogen (secondary N) is 5. The summed E-state index contributed by atoms with van der Waals surface area (Å²) in [6.07, 6.45) is 39.4. The van der Waals surface area contributed by atoms with Crippen molar-refractivity contribution in [3.8, 4) is 34.5 Å². The van der Waals surface area contributed by atoms with Gasteiger partial charge in [-0.15, -0.1) is 0 Å². The van der Waals surface area contributed by atoms with Crippen LogP contribution in [0.1, 0.15) is 327 Å². The van der Waals surface area contributed by atoms with E-state index in [9.17, 15) is 114 Å². The smallest absolute Gasteiger partial charge is 0.341 e. The molecule has 4 aliphatic rings. The molecule has 2 aliphatic heterocycles. The van der Waals surface area contributed by atoms with Crippen LogP contribution in [0.4, 0.5) is 11.4 Å². The highest BCUT2D eigenvalue weighted by Crippen LogP contribution is 2.45. The number of benzene rings is 6. The zero-order valence-corrected chi connectivity index (χ0v) is 80.6. The van der Waals surface area contributed by atoms with Crippen LogP contribution in [0, 0.1) is 47.3 Å². The number of aryl methyl sites for hydroxylation is 3. The second kappa shape index (κ2) is 52.3. The summed E-state index contributed by atoms with van der Waals surface area (Å²) in [5.74, 6) is -7.79. The maximum atomic E-state index is 12.3. The van der Waals surface area contributed by atoms with Gasteiger partial charge in [0.05, 0.1) is 34.4 Å². The van der Waals surface area contributed by atoms with Gasteiger partial charge in [-0.1, -0.05) is 151 Å². The number of H-pyrrole nitrogens is 3. The van der Waals surface area contributed by atoms with Crippen LogP contribution in [0.25, 0.3) is 27.9 Å². The van der Waals surface area contributed by atoms with Gasteiger partial charge in [0.15, 0.2) is 0 Å². The van der Waals surface area contributed by atoms with E-state index in [2.05, 4.69) is 78.4 Å². The number of hydrogen-bond donors (Lipinski definition) is 19. The number of Topliss-reactive ketones (excluding diaryl/α,β-unsaturated/α-hetero) is 1. The van der Waals surface area contributed by atoms with Crippen molar-refractivity contribution in [1.82, 2.24) is 15.0 Å². The highest BCUT2D eigenvalue weighted by molar-refractivity contribution is 6.09. The summed E-state index contributed by atoms with van der Waals surface area (Å²) >= 11 is 0. The largest absolute Gasteiger partial charge is 0.507 e. The lowest BCUT2D eigenvalue weighted by atomic mass is 9.79. The molecule has 740 valence electrons. The number of aromatic amines is 3. The molecule has 29 heteroatoms. The monoisotopic (exact) mass is 1890 g/mol. The number of aldehydes is 1. The average molecular weight is 1890 g/mol. The predicted octanol–water partition coefficient (Wildman–Crippen LogP) is 20.8. The Kier molecular flexibility index (Phi) is 41.8.